The van der Waals surface area contributed by atoms with Crippen LogP contribution in [0.3, 0.4) is 0 Å². The molecule has 3 rings (SSSR count). The SMILES string of the molecule is CC(C)(C)OC(=O)[C@@]12C(=O)OC[C@@H]1[C@@H]2c1ccccc1. The van der Waals surface area contributed by atoms with Gasteiger partial charge in [-0.3, -0.25) is 9.59 Å². The first-order valence-electron chi connectivity index (χ1n) is 6.83. The zero-order chi connectivity index (χ0) is 14.5. The molecule has 0 aromatic heterocycles. The van der Waals surface area contributed by atoms with Gasteiger partial charge in [-0.1, -0.05) is 30.3 Å². The van der Waals surface area contributed by atoms with Crippen LogP contribution in [0, 0.1) is 11.3 Å². The van der Waals surface area contributed by atoms with Crippen molar-refractivity contribution in [1.82, 2.24) is 0 Å². The van der Waals surface area contributed by atoms with Crippen molar-refractivity contribution in [3.63, 3.8) is 0 Å². The molecule has 1 aromatic rings. The van der Waals surface area contributed by atoms with E-state index in [1.165, 1.54) is 0 Å². The summed E-state index contributed by atoms with van der Waals surface area (Å²) in [7, 11) is 0. The van der Waals surface area contributed by atoms with E-state index in [0.29, 0.717) is 6.61 Å². The molecule has 2 aliphatic rings. The summed E-state index contributed by atoms with van der Waals surface area (Å²) in [5.74, 6) is -1.09. The van der Waals surface area contributed by atoms with Gasteiger partial charge in [-0.2, -0.15) is 0 Å². The quantitative estimate of drug-likeness (QED) is 0.613. The van der Waals surface area contributed by atoms with Crippen molar-refractivity contribution in [3.8, 4) is 0 Å². The molecule has 1 aliphatic carbocycles. The molecule has 4 nitrogen and oxygen atoms in total. The van der Waals surface area contributed by atoms with Crippen molar-refractivity contribution in [2.45, 2.75) is 32.3 Å². The van der Waals surface area contributed by atoms with Crippen molar-refractivity contribution < 1.29 is 19.1 Å². The largest absolute Gasteiger partial charge is 0.464 e. The second-order valence-corrected chi connectivity index (χ2v) is 6.46. The molecule has 3 atom stereocenters. The number of hydrogen-bond acceptors (Lipinski definition) is 4. The Morgan fingerprint density at radius 3 is 2.55 bits per heavy atom. The van der Waals surface area contributed by atoms with Crippen molar-refractivity contribution in [3.05, 3.63) is 35.9 Å². The summed E-state index contributed by atoms with van der Waals surface area (Å²) in [6, 6.07) is 9.64. The molecule has 2 fully saturated rings. The molecule has 4 heteroatoms. The topological polar surface area (TPSA) is 52.6 Å². The molecule has 0 bridgehead atoms. The summed E-state index contributed by atoms with van der Waals surface area (Å²) < 4.78 is 10.5. The third kappa shape index (κ3) is 1.74. The van der Waals surface area contributed by atoms with Crippen molar-refractivity contribution >= 4 is 11.9 Å². The van der Waals surface area contributed by atoms with Gasteiger partial charge in [0.05, 0.1) is 6.61 Å². The van der Waals surface area contributed by atoms with Gasteiger partial charge in [0, 0.05) is 11.8 Å². The van der Waals surface area contributed by atoms with Gasteiger partial charge in [0.2, 0.25) is 0 Å². The van der Waals surface area contributed by atoms with Crippen LogP contribution in [0.25, 0.3) is 0 Å². The van der Waals surface area contributed by atoms with Crippen molar-refractivity contribution in [1.29, 1.82) is 0 Å². The third-order valence-corrected chi connectivity index (χ3v) is 4.00. The standard InChI is InChI=1S/C16H18O4/c1-15(2,3)20-14(18)16-11(9-19-13(16)17)12(16)10-7-5-4-6-8-10/h4-8,11-12H,9H2,1-3H3/t11-,12+,16+/m1/s1. The zero-order valence-electron chi connectivity index (χ0n) is 11.9. The smallest absolute Gasteiger partial charge is 0.325 e. The van der Waals surface area contributed by atoms with Crippen molar-refractivity contribution in [2.75, 3.05) is 6.61 Å². The summed E-state index contributed by atoms with van der Waals surface area (Å²) in [5.41, 5.74) is -0.724. The molecule has 0 spiro atoms. The highest BCUT2D eigenvalue weighted by Crippen LogP contribution is 2.69. The lowest BCUT2D eigenvalue weighted by Crippen LogP contribution is -2.35. The van der Waals surface area contributed by atoms with E-state index in [1.807, 2.05) is 30.3 Å². The number of carbonyl (C=O) groups is 2. The van der Waals surface area contributed by atoms with E-state index in [1.54, 1.807) is 20.8 Å². The monoisotopic (exact) mass is 274 g/mol. The number of cyclic esters (lactones) is 1. The first-order valence-corrected chi connectivity index (χ1v) is 6.83. The first kappa shape index (κ1) is 13.2. The van der Waals surface area contributed by atoms with Crippen LogP contribution in [-0.4, -0.2) is 24.1 Å². The Morgan fingerprint density at radius 1 is 1.30 bits per heavy atom. The number of fused-ring (bicyclic) bond motifs is 1. The van der Waals surface area contributed by atoms with Crippen LogP contribution in [0.5, 0.6) is 0 Å². The normalized spacial score (nSPS) is 31.4. The van der Waals surface area contributed by atoms with Gasteiger partial charge in [0.25, 0.3) is 0 Å². The molecule has 1 aliphatic heterocycles. The Hall–Kier alpha value is -1.84. The Balaban J connectivity index is 1.93. The maximum atomic E-state index is 12.5. The van der Waals surface area contributed by atoms with Gasteiger partial charge in [0.15, 0.2) is 5.41 Å². The molecule has 0 N–H and O–H groups in total. The second-order valence-electron chi connectivity index (χ2n) is 6.46. The Morgan fingerprint density at radius 2 is 1.95 bits per heavy atom. The first-order chi connectivity index (χ1) is 9.37. The number of ether oxygens (including phenoxy) is 2. The Bertz CT molecular complexity index is 558. The fourth-order valence-electron chi connectivity index (χ4n) is 3.13. The molecular weight excluding hydrogens is 256 g/mol. The van der Waals surface area contributed by atoms with Gasteiger partial charge in [0.1, 0.15) is 5.60 Å². The summed E-state index contributed by atoms with van der Waals surface area (Å²) >= 11 is 0. The molecule has 1 saturated heterocycles. The highest BCUT2D eigenvalue weighted by atomic mass is 16.6. The second kappa shape index (κ2) is 4.08. The number of esters is 2. The average Bonchev–Trinajstić information content (AvgIpc) is 2.94. The van der Waals surface area contributed by atoms with E-state index in [0.717, 1.165) is 5.56 Å². The van der Waals surface area contributed by atoms with Gasteiger partial charge >= 0.3 is 11.9 Å². The van der Waals surface area contributed by atoms with E-state index in [2.05, 4.69) is 0 Å². The van der Waals surface area contributed by atoms with Crippen LogP contribution in [0.15, 0.2) is 30.3 Å². The predicted octanol–water partition coefficient (Wildman–Crippen LogP) is 2.28. The number of hydrogen-bond donors (Lipinski definition) is 0. The highest BCUT2D eigenvalue weighted by molar-refractivity contribution is 6.07. The van der Waals surface area contributed by atoms with Crippen LogP contribution in [0.4, 0.5) is 0 Å². The fourth-order valence-corrected chi connectivity index (χ4v) is 3.13. The summed E-state index contributed by atoms with van der Waals surface area (Å²) in [4.78, 5) is 24.6. The third-order valence-electron chi connectivity index (χ3n) is 4.00. The van der Waals surface area contributed by atoms with E-state index < -0.39 is 23.0 Å². The van der Waals surface area contributed by atoms with Gasteiger partial charge in [-0.05, 0) is 26.3 Å². The summed E-state index contributed by atoms with van der Waals surface area (Å²) in [6.07, 6.45) is 0. The molecule has 20 heavy (non-hydrogen) atoms. The van der Waals surface area contributed by atoms with E-state index >= 15 is 0 Å². The minimum Gasteiger partial charge on any atom is -0.464 e. The zero-order valence-corrected chi connectivity index (χ0v) is 11.9. The summed E-state index contributed by atoms with van der Waals surface area (Å²) in [5, 5.41) is 0. The maximum Gasteiger partial charge on any atom is 0.325 e. The van der Waals surface area contributed by atoms with Crippen LogP contribution < -0.4 is 0 Å². The van der Waals surface area contributed by atoms with Gasteiger partial charge in [-0.25, -0.2) is 0 Å². The number of rotatable bonds is 2. The maximum absolute atomic E-state index is 12.5. The highest BCUT2D eigenvalue weighted by Gasteiger charge is 2.80. The molecule has 0 amide bonds. The molecule has 1 heterocycles. The lowest BCUT2D eigenvalue weighted by molar-refractivity contribution is -0.168. The molecule has 106 valence electrons. The molecule has 0 unspecified atom stereocenters. The Kier molecular flexibility index (Phi) is 2.68. The van der Waals surface area contributed by atoms with Crippen molar-refractivity contribution in [2.24, 2.45) is 11.3 Å². The summed E-state index contributed by atoms with van der Waals surface area (Å²) in [6.45, 7) is 5.71. The van der Waals surface area contributed by atoms with E-state index in [4.69, 9.17) is 9.47 Å². The minimum atomic E-state index is -1.12. The molecule has 1 aromatic carbocycles. The predicted molar refractivity (Wildman–Crippen MR) is 71.9 cm³/mol. The Labute approximate surface area is 118 Å². The number of benzene rings is 1. The lowest BCUT2D eigenvalue weighted by Gasteiger charge is -2.22. The fraction of sp³-hybridized carbons (Fsp3) is 0.500. The van der Waals surface area contributed by atoms with Crippen LogP contribution in [-0.2, 0) is 19.1 Å². The molecular formula is C16H18O4. The van der Waals surface area contributed by atoms with Crippen LogP contribution in [0.1, 0.15) is 32.3 Å². The van der Waals surface area contributed by atoms with Crippen LogP contribution >= 0.6 is 0 Å². The van der Waals surface area contributed by atoms with E-state index in [9.17, 15) is 9.59 Å². The number of carbonyl (C=O) groups excluding carboxylic acids is 2. The van der Waals surface area contributed by atoms with Gasteiger partial charge < -0.3 is 9.47 Å². The minimum absolute atomic E-state index is 0.0905. The van der Waals surface area contributed by atoms with E-state index in [-0.39, 0.29) is 11.8 Å². The average molecular weight is 274 g/mol. The van der Waals surface area contributed by atoms with Crippen LogP contribution in [0.2, 0.25) is 0 Å². The van der Waals surface area contributed by atoms with Gasteiger partial charge in [-0.15, -0.1) is 0 Å². The molecule has 0 radical (unpaired) electrons. The lowest BCUT2D eigenvalue weighted by atomic mass is 9.99. The molecule has 1 saturated carbocycles.